The molecule has 0 aliphatic carbocycles. The molecule has 0 fully saturated rings. The molecule has 0 radical (unpaired) electrons. The second-order valence-corrected chi connectivity index (χ2v) is 4.58. The first-order chi connectivity index (χ1) is 8.99. The van der Waals surface area contributed by atoms with E-state index in [1.165, 1.54) is 0 Å². The van der Waals surface area contributed by atoms with Crippen molar-refractivity contribution in [2.75, 3.05) is 27.8 Å². The van der Waals surface area contributed by atoms with Crippen molar-refractivity contribution in [1.82, 2.24) is 0 Å². The lowest BCUT2D eigenvalue weighted by atomic mass is 10.1. The van der Waals surface area contributed by atoms with Crippen molar-refractivity contribution in [3.05, 3.63) is 23.8 Å². The molecule has 1 aromatic rings. The Morgan fingerprint density at radius 1 is 1.30 bits per heavy atom. The van der Waals surface area contributed by atoms with Gasteiger partial charge in [-0.25, -0.2) is 0 Å². The van der Waals surface area contributed by atoms with Crippen molar-refractivity contribution in [2.24, 2.45) is 0 Å². The van der Waals surface area contributed by atoms with Crippen LogP contribution in [0.2, 0.25) is 0 Å². The average Bonchev–Trinajstić information content (AvgIpc) is 2.42. The third kappa shape index (κ3) is 4.90. The molecule has 114 valence electrons. The first-order valence-electron chi connectivity index (χ1n) is 6.25. The second kappa shape index (κ2) is 8.66. The predicted octanol–water partition coefficient (Wildman–Crippen LogP) is -2.24. The Kier molecular flexibility index (Phi) is 8.03. The number of ether oxygens (including phenoxy) is 2. The van der Waals surface area contributed by atoms with Crippen molar-refractivity contribution < 1.29 is 36.7 Å². The van der Waals surface area contributed by atoms with Crippen LogP contribution in [0.5, 0.6) is 11.5 Å². The van der Waals surface area contributed by atoms with Gasteiger partial charge >= 0.3 is 5.97 Å². The maximum Gasteiger partial charge on any atom is 0.309 e. The fourth-order valence-electron chi connectivity index (χ4n) is 1.93. The Morgan fingerprint density at radius 3 is 2.40 bits per heavy atom. The molecule has 0 heterocycles. The van der Waals surface area contributed by atoms with Crippen LogP contribution in [-0.4, -0.2) is 38.9 Å². The second-order valence-electron chi connectivity index (χ2n) is 4.58. The van der Waals surface area contributed by atoms with E-state index in [4.69, 9.17) is 14.6 Å². The summed E-state index contributed by atoms with van der Waals surface area (Å²) >= 11 is 0. The molecule has 5 nitrogen and oxygen atoms in total. The molecule has 2 atom stereocenters. The average molecular weight is 304 g/mol. The quantitative estimate of drug-likeness (QED) is 0.598. The zero-order chi connectivity index (χ0) is 14.4. The Labute approximate surface area is 125 Å². The molecule has 1 aromatic carbocycles. The van der Waals surface area contributed by atoms with Crippen LogP contribution in [0.25, 0.3) is 0 Å². The van der Waals surface area contributed by atoms with E-state index >= 15 is 0 Å². The molecule has 2 N–H and O–H groups in total. The highest BCUT2D eigenvalue weighted by atomic mass is 35.5. The summed E-state index contributed by atoms with van der Waals surface area (Å²) in [5.74, 6) is 0.624. The Balaban J connectivity index is 0.00000361. The summed E-state index contributed by atoms with van der Waals surface area (Å²) in [5.41, 5.74) is 1.10. The van der Waals surface area contributed by atoms with E-state index < -0.39 is 5.97 Å². The van der Waals surface area contributed by atoms with Gasteiger partial charge in [0, 0.05) is 5.56 Å². The third-order valence-corrected chi connectivity index (χ3v) is 3.38. The van der Waals surface area contributed by atoms with Crippen molar-refractivity contribution in [2.45, 2.75) is 19.4 Å². The molecule has 0 amide bonds. The van der Waals surface area contributed by atoms with Crippen molar-refractivity contribution in [3.8, 4) is 11.5 Å². The maximum atomic E-state index is 10.6. The van der Waals surface area contributed by atoms with Crippen LogP contribution in [0.1, 0.15) is 24.9 Å². The number of aliphatic carboxylic acids is 1. The molecule has 0 saturated carbocycles. The molecule has 0 aliphatic rings. The standard InChI is InChI=1S/C14H21NO4.ClH/c1-10(15(2)8-7-14(16)17)11-5-6-12(18-3)13(9-11)19-4;/h5-6,9-10H,7-8H2,1-4H3,(H,16,17);1H. The lowest BCUT2D eigenvalue weighted by Gasteiger charge is -2.22. The van der Waals surface area contributed by atoms with Crippen LogP contribution < -0.4 is 26.8 Å². The largest absolute Gasteiger partial charge is 1.00 e. The summed E-state index contributed by atoms with van der Waals surface area (Å²) in [4.78, 5) is 11.7. The lowest BCUT2D eigenvalue weighted by Crippen LogP contribution is -3.09. The Bertz CT molecular complexity index is 439. The molecule has 6 heteroatoms. The minimum Gasteiger partial charge on any atom is -1.00 e. The highest BCUT2D eigenvalue weighted by Crippen LogP contribution is 2.29. The van der Waals surface area contributed by atoms with Gasteiger partial charge in [0.1, 0.15) is 6.04 Å². The summed E-state index contributed by atoms with van der Waals surface area (Å²) in [5, 5.41) is 8.72. The number of carbonyl (C=O) groups is 1. The van der Waals surface area contributed by atoms with E-state index in [2.05, 4.69) is 6.92 Å². The molecular formula is C14H22ClNO4. The molecule has 2 unspecified atom stereocenters. The normalized spacial score (nSPS) is 13.0. The summed E-state index contributed by atoms with van der Waals surface area (Å²) in [7, 11) is 5.20. The smallest absolute Gasteiger partial charge is 0.309 e. The molecule has 20 heavy (non-hydrogen) atoms. The third-order valence-electron chi connectivity index (χ3n) is 3.38. The van der Waals surface area contributed by atoms with E-state index in [0.717, 1.165) is 10.5 Å². The van der Waals surface area contributed by atoms with Gasteiger partial charge in [-0.1, -0.05) is 0 Å². The van der Waals surface area contributed by atoms with Crippen LogP contribution in [0.3, 0.4) is 0 Å². The molecular weight excluding hydrogens is 282 g/mol. The van der Waals surface area contributed by atoms with Gasteiger partial charge in [0.2, 0.25) is 0 Å². The number of quaternary nitrogens is 1. The van der Waals surface area contributed by atoms with Crippen LogP contribution in [-0.2, 0) is 4.79 Å². The van der Waals surface area contributed by atoms with Gasteiger partial charge in [0.25, 0.3) is 0 Å². The zero-order valence-electron chi connectivity index (χ0n) is 12.3. The summed E-state index contributed by atoms with van der Waals surface area (Å²) < 4.78 is 10.5. The van der Waals surface area contributed by atoms with Crippen molar-refractivity contribution in [3.63, 3.8) is 0 Å². The van der Waals surface area contributed by atoms with E-state index in [-0.39, 0.29) is 24.9 Å². The number of methoxy groups -OCH3 is 2. The van der Waals surface area contributed by atoms with Crippen LogP contribution in [0.15, 0.2) is 18.2 Å². The summed E-state index contributed by atoms with van der Waals surface area (Å²) in [6.45, 7) is 2.66. The Morgan fingerprint density at radius 2 is 1.90 bits per heavy atom. The van der Waals surface area contributed by atoms with Gasteiger partial charge in [0.05, 0.1) is 34.2 Å². The van der Waals surface area contributed by atoms with Gasteiger partial charge in [-0.3, -0.25) is 4.79 Å². The summed E-state index contributed by atoms with van der Waals surface area (Å²) in [6, 6.07) is 5.98. The number of carboxylic acid groups (broad SMARTS) is 1. The first-order valence-corrected chi connectivity index (χ1v) is 6.25. The fourth-order valence-corrected chi connectivity index (χ4v) is 1.93. The van der Waals surface area contributed by atoms with Gasteiger partial charge in [-0.05, 0) is 25.1 Å². The van der Waals surface area contributed by atoms with Crippen LogP contribution in [0, 0.1) is 0 Å². The number of carboxylic acids is 1. The topological polar surface area (TPSA) is 60.2 Å². The van der Waals surface area contributed by atoms with E-state index in [0.29, 0.717) is 18.0 Å². The van der Waals surface area contributed by atoms with E-state index in [1.54, 1.807) is 14.2 Å². The minimum absolute atomic E-state index is 0. The zero-order valence-corrected chi connectivity index (χ0v) is 13.0. The highest BCUT2D eigenvalue weighted by Gasteiger charge is 2.18. The first kappa shape index (κ1) is 18.5. The van der Waals surface area contributed by atoms with Crippen molar-refractivity contribution in [1.29, 1.82) is 0 Å². The molecule has 0 spiro atoms. The van der Waals surface area contributed by atoms with Crippen LogP contribution >= 0.6 is 0 Å². The van der Waals surface area contributed by atoms with Crippen molar-refractivity contribution >= 4 is 5.97 Å². The number of hydrogen-bond acceptors (Lipinski definition) is 3. The Hall–Kier alpha value is -1.46. The van der Waals surface area contributed by atoms with Gasteiger partial charge in [-0.2, -0.15) is 0 Å². The van der Waals surface area contributed by atoms with E-state index in [1.807, 2.05) is 25.2 Å². The highest BCUT2D eigenvalue weighted by molar-refractivity contribution is 5.66. The monoisotopic (exact) mass is 303 g/mol. The number of halogens is 1. The minimum atomic E-state index is -0.765. The lowest BCUT2D eigenvalue weighted by molar-refractivity contribution is -0.909. The molecule has 1 rings (SSSR count). The maximum absolute atomic E-state index is 10.6. The number of nitrogens with one attached hydrogen (secondary N) is 1. The summed E-state index contributed by atoms with van der Waals surface area (Å²) in [6.07, 6.45) is 0.170. The number of hydrogen-bond donors (Lipinski definition) is 2. The molecule has 0 saturated heterocycles. The van der Waals surface area contributed by atoms with Crippen LogP contribution in [0.4, 0.5) is 0 Å². The predicted molar refractivity (Wildman–Crippen MR) is 72.0 cm³/mol. The molecule has 0 bridgehead atoms. The fraction of sp³-hybridized carbons (Fsp3) is 0.500. The molecule has 0 aromatic heterocycles. The SMILES string of the molecule is COc1ccc(C(C)[NH+](C)CCC(=O)O)cc1OC.[Cl-]. The van der Waals surface area contributed by atoms with E-state index in [9.17, 15) is 4.79 Å². The van der Waals surface area contributed by atoms with Gasteiger partial charge < -0.3 is 31.9 Å². The number of rotatable bonds is 7. The van der Waals surface area contributed by atoms with Gasteiger partial charge in [-0.15, -0.1) is 0 Å². The molecule has 0 aliphatic heterocycles. The van der Waals surface area contributed by atoms with Gasteiger partial charge in [0.15, 0.2) is 11.5 Å². The number of benzene rings is 1.